The van der Waals surface area contributed by atoms with Gasteiger partial charge >= 0.3 is 16.1 Å². The summed E-state index contributed by atoms with van der Waals surface area (Å²) in [4.78, 5) is 39.1. The Bertz CT molecular complexity index is 1810. The van der Waals surface area contributed by atoms with Crippen molar-refractivity contribution in [2.75, 3.05) is 4.90 Å². The lowest BCUT2D eigenvalue weighted by Gasteiger charge is -2.26. The number of benzene rings is 4. The van der Waals surface area contributed by atoms with Crippen molar-refractivity contribution >= 4 is 62.9 Å². The lowest BCUT2D eigenvalue weighted by atomic mass is 10.1. The van der Waals surface area contributed by atoms with Crippen molar-refractivity contribution in [2.45, 2.75) is 11.5 Å². The molecule has 9 nitrogen and oxygen atoms in total. The molecular weight excluding hydrogens is 603 g/mol. The zero-order valence-corrected chi connectivity index (χ0v) is 23.8. The summed E-state index contributed by atoms with van der Waals surface area (Å²) in [5.41, 5.74) is 1.15. The van der Waals surface area contributed by atoms with Gasteiger partial charge in [0.05, 0.1) is 10.7 Å². The molecule has 5 rings (SSSR count). The van der Waals surface area contributed by atoms with Crippen molar-refractivity contribution in [2.24, 2.45) is 0 Å². The van der Waals surface area contributed by atoms with Gasteiger partial charge in [-0.1, -0.05) is 59.6 Å². The Labute approximate surface area is 251 Å². The molecule has 42 heavy (non-hydrogen) atoms. The first-order chi connectivity index (χ1) is 20.1. The van der Waals surface area contributed by atoms with Crippen LogP contribution in [0.4, 0.5) is 10.5 Å². The number of nitrogens with zero attached hydrogens (tertiary/aromatic N) is 1. The van der Waals surface area contributed by atoms with Crippen LogP contribution in [0.3, 0.4) is 0 Å². The van der Waals surface area contributed by atoms with E-state index >= 15 is 0 Å². The van der Waals surface area contributed by atoms with Gasteiger partial charge in [0.1, 0.15) is 22.8 Å². The molecule has 0 spiro atoms. The van der Waals surface area contributed by atoms with E-state index < -0.39 is 28.0 Å². The molecule has 1 saturated heterocycles. The van der Waals surface area contributed by atoms with E-state index in [1.54, 1.807) is 12.1 Å². The van der Waals surface area contributed by atoms with Crippen LogP contribution >= 0.6 is 23.2 Å². The van der Waals surface area contributed by atoms with Crippen LogP contribution in [0, 0.1) is 0 Å². The van der Waals surface area contributed by atoms with E-state index in [1.165, 1.54) is 60.7 Å². The standard InChI is InChI=1S/C30H20Cl2N2O7S/c31-21-7-13-24(14-8-21)42(38,39)41-27-15-6-20(17-26(27)32)16-25-28(35)33-30(37)34(29(25)36)22-9-11-23(12-10-22)40-18-19-4-2-1-3-5-19/h1-17H,18H2,(H,33,35,37)/b25-16+. The van der Waals surface area contributed by atoms with Gasteiger partial charge in [-0.25, -0.2) is 9.69 Å². The molecule has 1 aliphatic rings. The summed E-state index contributed by atoms with van der Waals surface area (Å²) in [5, 5.41) is 2.41. The summed E-state index contributed by atoms with van der Waals surface area (Å²) in [6, 6.07) is 24.3. The Hall–Kier alpha value is -4.64. The third kappa shape index (κ3) is 6.46. The minimum Gasteiger partial charge on any atom is -0.489 e. The van der Waals surface area contributed by atoms with Crippen molar-refractivity contribution in [3.05, 3.63) is 124 Å². The van der Waals surface area contributed by atoms with Crippen molar-refractivity contribution in [3.63, 3.8) is 0 Å². The minimum absolute atomic E-state index is 0.0930. The highest BCUT2D eigenvalue weighted by molar-refractivity contribution is 7.87. The van der Waals surface area contributed by atoms with E-state index in [1.807, 2.05) is 30.3 Å². The number of amides is 4. The van der Waals surface area contributed by atoms with Gasteiger partial charge in [-0.15, -0.1) is 0 Å². The molecule has 0 aromatic heterocycles. The molecule has 1 heterocycles. The summed E-state index contributed by atoms with van der Waals surface area (Å²) in [7, 11) is -4.21. The normalized spacial score (nSPS) is 14.6. The lowest BCUT2D eigenvalue weighted by Crippen LogP contribution is -2.54. The predicted molar refractivity (Wildman–Crippen MR) is 157 cm³/mol. The highest BCUT2D eigenvalue weighted by Crippen LogP contribution is 2.31. The van der Waals surface area contributed by atoms with Gasteiger partial charge in [-0.3, -0.25) is 14.9 Å². The first kappa shape index (κ1) is 28.9. The van der Waals surface area contributed by atoms with Crippen LogP contribution in [0.5, 0.6) is 11.5 Å². The molecule has 1 N–H and O–H groups in total. The number of carbonyl (C=O) groups is 3. The molecule has 0 aliphatic carbocycles. The number of hydrogen-bond donors (Lipinski definition) is 1. The maximum atomic E-state index is 13.3. The van der Waals surface area contributed by atoms with E-state index in [-0.39, 0.29) is 32.5 Å². The Morgan fingerprint density at radius 1 is 0.833 bits per heavy atom. The molecule has 4 aromatic carbocycles. The summed E-state index contributed by atoms with van der Waals surface area (Å²) in [5.74, 6) is -1.40. The SMILES string of the molecule is O=C1NC(=O)N(c2ccc(OCc3ccccc3)cc2)C(=O)/C1=C/c1ccc(OS(=O)(=O)c2ccc(Cl)cc2)c(Cl)c1. The fraction of sp³-hybridized carbons (Fsp3) is 0.0333. The second kappa shape index (κ2) is 12.1. The second-order valence-corrected chi connectivity index (χ2v) is 11.3. The zero-order valence-electron chi connectivity index (χ0n) is 21.5. The highest BCUT2D eigenvalue weighted by atomic mass is 35.5. The number of hydrogen-bond acceptors (Lipinski definition) is 7. The molecule has 212 valence electrons. The van der Waals surface area contributed by atoms with Crippen LogP contribution in [0.25, 0.3) is 6.08 Å². The van der Waals surface area contributed by atoms with Crippen molar-refractivity contribution in [1.82, 2.24) is 5.32 Å². The van der Waals surface area contributed by atoms with Gasteiger partial charge < -0.3 is 8.92 Å². The maximum absolute atomic E-state index is 13.3. The van der Waals surface area contributed by atoms with Crippen LogP contribution in [-0.2, 0) is 26.3 Å². The van der Waals surface area contributed by atoms with E-state index in [2.05, 4.69) is 5.32 Å². The van der Waals surface area contributed by atoms with E-state index in [0.29, 0.717) is 17.4 Å². The first-order valence-corrected chi connectivity index (χ1v) is 14.4. The van der Waals surface area contributed by atoms with Gasteiger partial charge in [0.15, 0.2) is 5.75 Å². The quantitative estimate of drug-likeness (QED) is 0.145. The first-order valence-electron chi connectivity index (χ1n) is 12.3. The van der Waals surface area contributed by atoms with Gasteiger partial charge in [-0.05, 0) is 77.9 Å². The maximum Gasteiger partial charge on any atom is 0.339 e. The molecule has 0 bridgehead atoms. The van der Waals surface area contributed by atoms with Crippen LogP contribution in [0.1, 0.15) is 11.1 Å². The van der Waals surface area contributed by atoms with Crippen LogP contribution < -0.4 is 19.1 Å². The van der Waals surface area contributed by atoms with Gasteiger partial charge in [0, 0.05) is 5.02 Å². The average Bonchev–Trinajstić information content (AvgIpc) is 2.97. The van der Waals surface area contributed by atoms with E-state index in [4.69, 9.17) is 32.1 Å². The van der Waals surface area contributed by atoms with Crippen molar-refractivity contribution in [3.8, 4) is 11.5 Å². The smallest absolute Gasteiger partial charge is 0.339 e. The Morgan fingerprint density at radius 3 is 2.19 bits per heavy atom. The fourth-order valence-corrected chi connectivity index (χ4v) is 5.28. The highest BCUT2D eigenvalue weighted by Gasteiger charge is 2.36. The number of imide groups is 2. The third-order valence-corrected chi connectivity index (χ3v) is 7.81. The molecule has 0 saturated carbocycles. The molecule has 1 fully saturated rings. The number of carbonyl (C=O) groups excluding carboxylic acids is 3. The summed E-state index contributed by atoms with van der Waals surface area (Å²) in [6.45, 7) is 0.337. The summed E-state index contributed by atoms with van der Waals surface area (Å²) >= 11 is 12.1. The van der Waals surface area contributed by atoms with Crippen LogP contribution in [-0.4, -0.2) is 26.3 Å². The summed E-state index contributed by atoms with van der Waals surface area (Å²) < 4.78 is 36.1. The molecular formula is C30H20Cl2N2O7S. The van der Waals surface area contributed by atoms with E-state index in [9.17, 15) is 22.8 Å². The molecule has 12 heteroatoms. The van der Waals surface area contributed by atoms with Gasteiger partial charge in [-0.2, -0.15) is 8.42 Å². The Morgan fingerprint density at radius 2 is 1.52 bits per heavy atom. The van der Waals surface area contributed by atoms with Crippen molar-refractivity contribution in [1.29, 1.82) is 0 Å². The fourth-order valence-electron chi connectivity index (χ4n) is 3.93. The number of nitrogens with one attached hydrogen (secondary N) is 1. The Kier molecular flexibility index (Phi) is 8.30. The van der Waals surface area contributed by atoms with Crippen LogP contribution in [0.15, 0.2) is 108 Å². The van der Waals surface area contributed by atoms with E-state index in [0.717, 1.165) is 10.5 Å². The third-order valence-electron chi connectivity index (χ3n) is 6.01. The molecule has 0 radical (unpaired) electrons. The minimum atomic E-state index is -4.21. The van der Waals surface area contributed by atoms with Gasteiger partial charge in [0.25, 0.3) is 11.8 Å². The van der Waals surface area contributed by atoms with Crippen LogP contribution in [0.2, 0.25) is 10.0 Å². The summed E-state index contributed by atoms with van der Waals surface area (Å²) in [6.07, 6.45) is 1.23. The number of rotatable bonds is 8. The topological polar surface area (TPSA) is 119 Å². The Balaban J connectivity index is 1.33. The molecule has 0 atom stereocenters. The number of halogens is 2. The average molecular weight is 623 g/mol. The second-order valence-electron chi connectivity index (χ2n) is 8.91. The monoisotopic (exact) mass is 622 g/mol. The molecule has 1 aliphatic heterocycles. The zero-order chi connectivity index (χ0) is 29.9. The number of anilines is 1. The predicted octanol–water partition coefficient (Wildman–Crippen LogP) is 6.01. The molecule has 0 unspecified atom stereocenters. The largest absolute Gasteiger partial charge is 0.489 e. The lowest BCUT2D eigenvalue weighted by molar-refractivity contribution is -0.122. The molecule has 4 amide bonds. The van der Waals surface area contributed by atoms with Gasteiger partial charge in [0.2, 0.25) is 0 Å². The molecule has 4 aromatic rings. The van der Waals surface area contributed by atoms with Crippen molar-refractivity contribution < 1.29 is 31.7 Å². The number of ether oxygens (including phenoxy) is 1. The number of urea groups is 1. The number of barbiturate groups is 1.